The van der Waals surface area contributed by atoms with Gasteiger partial charge in [-0.25, -0.2) is 0 Å². The molecule has 34 heavy (non-hydrogen) atoms. The van der Waals surface area contributed by atoms with E-state index in [2.05, 4.69) is 15.5 Å². The van der Waals surface area contributed by atoms with Crippen molar-refractivity contribution in [2.24, 2.45) is 5.92 Å². The Morgan fingerprint density at radius 3 is 2.26 bits per heavy atom. The van der Waals surface area contributed by atoms with Crippen LogP contribution in [-0.4, -0.2) is 63.2 Å². The molecule has 2 N–H and O–H groups in total. The summed E-state index contributed by atoms with van der Waals surface area (Å²) in [5.41, 5.74) is 0.990. The lowest BCUT2D eigenvalue weighted by atomic mass is 10.1. The first-order chi connectivity index (χ1) is 16.4. The van der Waals surface area contributed by atoms with Crippen molar-refractivity contribution < 1.29 is 23.8 Å². The summed E-state index contributed by atoms with van der Waals surface area (Å²) >= 11 is 0. The fourth-order valence-electron chi connectivity index (χ4n) is 3.86. The third kappa shape index (κ3) is 6.87. The van der Waals surface area contributed by atoms with Gasteiger partial charge in [0.05, 0.1) is 32.0 Å². The van der Waals surface area contributed by atoms with Gasteiger partial charge in [-0.05, 0) is 43.0 Å². The van der Waals surface area contributed by atoms with Crippen LogP contribution in [0.4, 0.5) is 5.69 Å². The van der Waals surface area contributed by atoms with Crippen molar-refractivity contribution in [3.8, 4) is 17.2 Å². The number of nitrogens with zero attached hydrogens (tertiary/aromatic N) is 1. The molecule has 2 amide bonds. The highest BCUT2D eigenvalue weighted by Crippen LogP contribution is 2.38. The molecule has 8 heteroatoms. The van der Waals surface area contributed by atoms with Gasteiger partial charge in [0.15, 0.2) is 11.5 Å². The van der Waals surface area contributed by atoms with Gasteiger partial charge < -0.3 is 24.8 Å². The molecule has 0 aliphatic carbocycles. The summed E-state index contributed by atoms with van der Waals surface area (Å²) in [6.07, 6.45) is 1.57. The number of methoxy groups -OCH3 is 2. The van der Waals surface area contributed by atoms with Gasteiger partial charge in [0.1, 0.15) is 6.10 Å². The largest absolute Gasteiger partial charge is 0.493 e. The fourth-order valence-corrected chi connectivity index (χ4v) is 3.86. The van der Waals surface area contributed by atoms with Gasteiger partial charge in [0.25, 0.3) is 5.91 Å². The van der Waals surface area contributed by atoms with Crippen LogP contribution in [0.5, 0.6) is 17.2 Å². The summed E-state index contributed by atoms with van der Waals surface area (Å²) in [6.45, 7) is 6.37. The number of hydrogen-bond acceptors (Lipinski definition) is 6. The van der Waals surface area contributed by atoms with Gasteiger partial charge in [-0.1, -0.05) is 32.0 Å². The van der Waals surface area contributed by atoms with Crippen molar-refractivity contribution in [1.29, 1.82) is 0 Å². The maximum atomic E-state index is 12.7. The van der Waals surface area contributed by atoms with E-state index in [-0.39, 0.29) is 24.5 Å². The number of carbonyl (C=O) groups is 2. The SMILES string of the molecule is COc1cccc(OC)c1OC1CCN(CC(=O)Nc2ccccc2C(=O)NCC(C)C)CC1. The molecule has 0 bridgehead atoms. The van der Waals surface area contributed by atoms with Crippen LogP contribution in [0.2, 0.25) is 0 Å². The summed E-state index contributed by atoms with van der Waals surface area (Å²) < 4.78 is 17.0. The molecule has 2 aromatic rings. The number of anilines is 1. The van der Waals surface area contributed by atoms with Crippen LogP contribution < -0.4 is 24.8 Å². The lowest BCUT2D eigenvalue weighted by Gasteiger charge is -2.32. The number of carbonyl (C=O) groups excluding carboxylic acids is 2. The molecule has 2 aromatic carbocycles. The van der Waals surface area contributed by atoms with E-state index in [0.717, 1.165) is 25.9 Å². The topological polar surface area (TPSA) is 89.1 Å². The maximum absolute atomic E-state index is 12.7. The molecule has 3 rings (SSSR count). The van der Waals surface area contributed by atoms with Gasteiger partial charge in [-0.3, -0.25) is 14.5 Å². The molecule has 1 aliphatic heterocycles. The first-order valence-electron chi connectivity index (χ1n) is 11.7. The standard InChI is InChI=1S/C26H35N3O5/c1-18(2)16-27-26(31)20-8-5-6-9-21(20)28-24(30)17-29-14-12-19(13-15-29)34-25-22(32-3)10-7-11-23(25)33-4/h5-11,18-19H,12-17H2,1-4H3,(H,27,31)(H,28,30). The van der Waals surface area contributed by atoms with Gasteiger partial charge in [0, 0.05) is 19.6 Å². The molecule has 0 aromatic heterocycles. The number of piperidine rings is 1. The summed E-state index contributed by atoms with van der Waals surface area (Å²) in [5, 5.41) is 5.80. The highest BCUT2D eigenvalue weighted by atomic mass is 16.5. The summed E-state index contributed by atoms with van der Waals surface area (Å²) in [5.74, 6) is 1.90. The van der Waals surface area contributed by atoms with Crippen LogP contribution in [0.25, 0.3) is 0 Å². The van der Waals surface area contributed by atoms with Crippen LogP contribution in [0.1, 0.15) is 37.0 Å². The smallest absolute Gasteiger partial charge is 0.253 e. The average Bonchev–Trinajstić information content (AvgIpc) is 2.84. The highest BCUT2D eigenvalue weighted by Gasteiger charge is 2.25. The van der Waals surface area contributed by atoms with E-state index in [1.54, 1.807) is 32.4 Å². The van der Waals surface area contributed by atoms with E-state index in [1.165, 1.54) is 0 Å². The molecule has 0 saturated carbocycles. The predicted molar refractivity (Wildman–Crippen MR) is 132 cm³/mol. The number of amides is 2. The summed E-state index contributed by atoms with van der Waals surface area (Å²) in [4.78, 5) is 27.3. The van der Waals surface area contributed by atoms with Crippen LogP contribution in [0.15, 0.2) is 42.5 Å². The second kappa shape index (κ2) is 12.3. The van der Waals surface area contributed by atoms with Crippen molar-refractivity contribution in [3.05, 3.63) is 48.0 Å². The lowest BCUT2D eigenvalue weighted by Crippen LogP contribution is -2.42. The number of rotatable bonds is 10. The number of para-hydroxylation sites is 2. The minimum atomic E-state index is -0.186. The van der Waals surface area contributed by atoms with Gasteiger partial charge >= 0.3 is 0 Å². The van der Waals surface area contributed by atoms with Crippen molar-refractivity contribution in [2.45, 2.75) is 32.8 Å². The normalized spacial score (nSPS) is 14.5. The van der Waals surface area contributed by atoms with E-state index in [0.29, 0.717) is 41.0 Å². The van der Waals surface area contributed by atoms with E-state index in [9.17, 15) is 9.59 Å². The molecule has 8 nitrogen and oxygen atoms in total. The maximum Gasteiger partial charge on any atom is 0.253 e. The van der Waals surface area contributed by atoms with Crippen LogP contribution in [0, 0.1) is 5.92 Å². The minimum absolute atomic E-state index is 0.00916. The molecule has 0 radical (unpaired) electrons. The van der Waals surface area contributed by atoms with Crippen molar-refractivity contribution in [1.82, 2.24) is 10.2 Å². The Kier molecular flexibility index (Phi) is 9.16. The first kappa shape index (κ1) is 25.4. The summed E-state index contributed by atoms with van der Waals surface area (Å²) in [7, 11) is 3.21. The number of benzene rings is 2. The second-order valence-corrected chi connectivity index (χ2v) is 8.78. The van der Waals surface area contributed by atoms with Gasteiger partial charge in [-0.15, -0.1) is 0 Å². The molecule has 0 atom stereocenters. The quantitative estimate of drug-likeness (QED) is 0.553. The molecular weight excluding hydrogens is 434 g/mol. The number of likely N-dealkylation sites (tertiary alicyclic amines) is 1. The number of hydrogen-bond donors (Lipinski definition) is 2. The van der Waals surface area contributed by atoms with Crippen LogP contribution in [0.3, 0.4) is 0 Å². The Labute approximate surface area is 201 Å². The molecule has 184 valence electrons. The Bertz CT molecular complexity index is 948. The van der Waals surface area contributed by atoms with E-state index in [1.807, 2.05) is 38.1 Å². The van der Waals surface area contributed by atoms with Crippen LogP contribution >= 0.6 is 0 Å². The zero-order valence-corrected chi connectivity index (χ0v) is 20.4. The van der Waals surface area contributed by atoms with Gasteiger partial charge in [0.2, 0.25) is 11.7 Å². The average molecular weight is 470 g/mol. The predicted octanol–water partition coefficient (Wildman–Crippen LogP) is 3.57. The van der Waals surface area contributed by atoms with Gasteiger partial charge in [-0.2, -0.15) is 0 Å². The summed E-state index contributed by atoms with van der Waals surface area (Å²) in [6, 6.07) is 12.6. The molecule has 1 aliphatic rings. The molecule has 1 fully saturated rings. The zero-order valence-electron chi connectivity index (χ0n) is 20.4. The van der Waals surface area contributed by atoms with Crippen molar-refractivity contribution in [2.75, 3.05) is 45.7 Å². The third-order valence-electron chi connectivity index (χ3n) is 5.69. The zero-order chi connectivity index (χ0) is 24.5. The van der Waals surface area contributed by atoms with Crippen LogP contribution in [-0.2, 0) is 4.79 Å². The lowest BCUT2D eigenvalue weighted by molar-refractivity contribution is -0.117. The van der Waals surface area contributed by atoms with E-state index >= 15 is 0 Å². The first-order valence-corrected chi connectivity index (χ1v) is 11.7. The Morgan fingerprint density at radius 1 is 1.00 bits per heavy atom. The van der Waals surface area contributed by atoms with Crippen molar-refractivity contribution >= 4 is 17.5 Å². The molecule has 0 unspecified atom stereocenters. The molecular formula is C26H35N3O5. The molecule has 1 heterocycles. The number of nitrogens with one attached hydrogen (secondary N) is 2. The van der Waals surface area contributed by atoms with Crippen molar-refractivity contribution in [3.63, 3.8) is 0 Å². The molecule has 0 spiro atoms. The Morgan fingerprint density at radius 2 is 1.65 bits per heavy atom. The Balaban J connectivity index is 1.52. The fraction of sp³-hybridized carbons (Fsp3) is 0.462. The number of ether oxygens (including phenoxy) is 3. The second-order valence-electron chi connectivity index (χ2n) is 8.78. The third-order valence-corrected chi connectivity index (χ3v) is 5.69. The van der Waals surface area contributed by atoms with E-state index < -0.39 is 0 Å². The Hall–Kier alpha value is -3.26. The minimum Gasteiger partial charge on any atom is -0.493 e. The monoisotopic (exact) mass is 469 g/mol. The van der Waals surface area contributed by atoms with E-state index in [4.69, 9.17) is 14.2 Å². The molecule has 1 saturated heterocycles. The highest BCUT2D eigenvalue weighted by molar-refractivity contribution is 6.04.